The predicted octanol–water partition coefficient (Wildman–Crippen LogP) is 2.34. The van der Waals surface area contributed by atoms with Crippen LogP contribution >= 0.6 is 15.9 Å². The Morgan fingerprint density at radius 2 is 2.26 bits per heavy atom. The molecule has 0 aliphatic carbocycles. The zero-order chi connectivity index (χ0) is 14.3. The number of carbonyl (C=O) groups excluding carboxylic acids is 1. The molecule has 0 saturated carbocycles. The summed E-state index contributed by atoms with van der Waals surface area (Å²) in [5.74, 6) is 0.106. The summed E-state index contributed by atoms with van der Waals surface area (Å²) in [6.45, 7) is 3.89. The van der Waals surface area contributed by atoms with Gasteiger partial charge in [0.1, 0.15) is 0 Å². The van der Waals surface area contributed by atoms with Crippen molar-refractivity contribution in [3.63, 3.8) is 0 Å². The number of hydrogen-bond donors (Lipinski definition) is 2. The van der Waals surface area contributed by atoms with E-state index in [-0.39, 0.29) is 12.6 Å². The van der Waals surface area contributed by atoms with Crippen LogP contribution in [0.2, 0.25) is 0 Å². The maximum Gasteiger partial charge on any atom is 0.337 e. The van der Waals surface area contributed by atoms with Gasteiger partial charge in [0.25, 0.3) is 0 Å². The summed E-state index contributed by atoms with van der Waals surface area (Å²) >= 11 is 3.45. The minimum absolute atomic E-state index is 0.223. The second-order valence-corrected chi connectivity index (χ2v) is 5.40. The lowest BCUT2D eigenvalue weighted by atomic mass is 10.1. The zero-order valence-electron chi connectivity index (χ0n) is 11.3. The number of nitrogens with one attached hydrogen (secondary N) is 1. The standard InChI is InChI=1S/C14H20BrNO3/c1-10(5-6-17)8-16-9-12-4-3-11(7-13(12)15)14(18)19-2/h3-4,7,10,16-17H,5-6,8-9H2,1-2H3. The third-order valence-electron chi connectivity index (χ3n) is 2.90. The summed E-state index contributed by atoms with van der Waals surface area (Å²) < 4.78 is 5.56. The summed E-state index contributed by atoms with van der Waals surface area (Å²) in [4.78, 5) is 11.4. The number of methoxy groups -OCH3 is 1. The number of esters is 1. The fourth-order valence-corrected chi connectivity index (χ4v) is 2.23. The number of hydrogen-bond acceptors (Lipinski definition) is 4. The predicted molar refractivity (Wildman–Crippen MR) is 78.1 cm³/mol. The van der Waals surface area contributed by atoms with E-state index in [0.29, 0.717) is 11.5 Å². The van der Waals surface area contributed by atoms with Gasteiger partial charge in [0, 0.05) is 17.6 Å². The van der Waals surface area contributed by atoms with E-state index in [1.165, 1.54) is 7.11 Å². The number of aliphatic hydroxyl groups excluding tert-OH is 1. The van der Waals surface area contributed by atoms with Gasteiger partial charge in [0.05, 0.1) is 12.7 Å². The quantitative estimate of drug-likeness (QED) is 0.754. The van der Waals surface area contributed by atoms with E-state index >= 15 is 0 Å². The first-order valence-corrected chi connectivity index (χ1v) is 7.06. The third kappa shape index (κ3) is 5.30. The molecule has 1 aromatic carbocycles. The normalized spacial score (nSPS) is 12.2. The van der Waals surface area contributed by atoms with Crippen LogP contribution in [0, 0.1) is 5.92 Å². The fourth-order valence-electron chi connectivity index (χ4n) is 1.71. The van der Waals surface area contributed by atoms with Gasteiger partial charge in [-0.25, -0.2) is 4.79 Å². The third-order valence-corrected chi connectivity index (χ3v) is 3.64. The summed E-state index contributed by atoms with van der Waals surface area (Å²) in [7, 11) is 1.37. The molecule has 1 aromatic rings. The highest BCUT2D eigenvalue weighted by molar-refractivity contribution is 9.10. The Balaban J connectivity index is 2.53. The molecule has 106 valence electrons. The molecular formula is C14H20BrNO3. The Labute approximate surface area is 122 Å². The second kappa shape index (κ2) is 8.30. The van der Waals surface area contributed by atoms with Crippen LogP contribution in [0.25, 0.3) is 0 Å². The Morgan fingerprint density at radius 3 is 2.84 bits per heavy atom. The van der Waals surface area contributed by atoms with Crippen LogP contribution in [-0.2, 0) is 11.3 Å². The first-order chi connectivity index (χ1) is 9.08. The van der Waals surface area contributed by atoms with Crippen LogP contribution in [0.3, 0.4) is 0 Å². The van der Waals surface area contributed by atoms with Crippen molar-refractivity contribution in [1.82, 2.24) is 5.32 Å². The maximum atomic E-state index is 11.4. The van der Waals surface area contributed by atoms with Crippen molar-refractivity contribution in [3.8, 4) is 0 Å². The molecule has 0 bridgehead atoms. The molecule has 0 aromatic heterocycles. The largest absolute Gasteiger partial charge is 0.465 e. The number of halogens is 1. The van der Waals surface area contributed by atoms with Gasteiger partial charge in [-0.15, -0.1) is 0 Å². The molecule has 0 fully saturated rings. The molecule has 0 spiro atoms. The summed E-state index contributed by atoms with van der Waals surface area (Å²) in [6, 6.07) is 5.42. The molecule has 1 atom stereocenters. The Morgan fingerprint density at radius 1 is 1.53 bits per heavy atom. The van der Waals surface area contributed by atoms with Crippen LogP contribution in [-0.4, -0.2) is 31.3 Å². The highest BCUT2D eigenvalue weighted by Gasteiger charge is 2.08. The molecule has 0 heterocycles. The zero-order valence-corrected chi connectivity index (χ0v) is 12.9. The van der Waals surface area contributed by atoms with Crippen LogP contribution in [0.5, 0.6) is 0 Å². The van der Waals surface area contributed by atoms with E-state index in [9.17, 15) is 4.79 Å². The molecule has 0 aliphatic rings. The van der Waals surface area contributed by atoms with Crippen molar-refractivity contribution < 1.29 is 14.6 Å². The highest BCUT2D eigenvalue weighted by Crippen LogP contribution is 2.19. The number of benzene rings is 1. The van der Waals surface area contributed by atoms with Gasteiger partial charge in [-0.3, -0.25) is 0 Å². The van der Waals surface area contributed by atoms with E-state index in [2.05, 4.69) is 32.9 Å². The second-order valence-electron chi connectivity index (χ2n) is 4.55. The average molecular weight is 330 g/mol. The Hall–Kier alpha value is -0.910. The van der Waals surface area contributed by atoms with Crippen molar-refractivity contribution in [1.29, 1.82) is 0 Å². The first kappa shape index (κ1) is 16.1. The average Bonchev–Trinajstić information content (AvgIpc) is 2.40. The molecule has 0 saturated heterocycles. The molecular weight excluding hydrogens is 310 g/mol. The van der Waals surface area contributed by atoms with Gasteiger partial charge in [0.2, 0.25) is 0 Å². The van der Waals surface area contributed by atoms with E-state index < -0.39 is 0 Å². The molecule has 0 radical (unpaired) electrons. The van der Waals surface area contributed by atoms with Gasteiger partial charge in [-0.2, -0.15) is 0 Å². The summed E-state index contributed by atoms with van der Waals surface area (Å²) in [5.41, 5.74) is 1.62. The van der Waals surface area contributed by atoms with E-state index in [1.807, 2.05) is 6.07 Å². The van der Waals surface area contributed by atoms with Crippen molar-refractivity contribution >= 4 is 21.9 Å². The first-order valence-electron chi connectivity index (χ1n) is 6.26. The van der Waals surface area contributed by atoms with Crippen LogP contribution in [0.15, 0.2) is 22.7 Å². The van der Waals surface area contributed by atoms with E-state index in [0.717, 1.165) is 29.5 Å². The molecule has 5 heteroatoms. The number of ether oxygens (including phenoxy) is 1. The molecule has 2 N–H and O–H groups in total. The summed E-state index contributed by atoms with van der Waals surface area (Å²) in [6.07, 6.45) is 0.801. The molecule has 0 amide bonds. The lowest BCUT2D eigenvalue weighted by molar-refractivity contribution is 0.0600. The summed E-state index contributed by atoms with van der Waals surface area (Å²) in [5, 5.41) is 12.2. The molecule has 1 unspecified atom stereocenters. The van der Waals surface area contributed by atoms with Gasteiger partial charge >= 0.3 is 5.97 Å². The molecule has 19 heavy (non-hydrogen) atoms. The van der Waals surface area contributed by atoms with Gasteiger partial charge < -0.3 is 15.2 Å². The minimum Gasteiger partial charge on any atom is -0.465 e. The number of carbonyl (C=O) groups is 1. The Kier molecular flexibility index (Phi) is 7.05. The van der Waals surface area contributed by atoms with E-state index in [4.69, 9.17) is 5.11 Å². The Bertz CT molecular complexity index is 423. The van der Waals surface area contributed by atoms with Gasteiger partial charge in [0.15, 0.2) is 0 Å². The van der Waals surface area contributed by atoms with Crippen LogP contribution in [0.4, 0.5) is 0 Å². The monoisotopic (exact) mass is 329 g/mol. The molecule has 1 rings (SSSR count). The van der Waals surface area contributed by atoms with Crippen LogP contribution in [0.1, 0.15) is 29.3 Å². The van der Waals surface area contributed by atoms with E-state index in [1.54, 1.807) is 12.1 Å². The van der Waals surface area contributed by atoms with Crippen molar-refractivity contribution in [3.05, 3.63) is 33.8 Å². The minimum atomic E-state index is -0.336. The van der Waals surface area contributed by atoms with Gasteiger partial charge in [-0.05, 0) is 36.6 Å². The number of rotatable bonds is 7. The molecule has 0 aliphatic heterocycles. The fraction of sp³-hybridized carbons (Fsp3) is 0.500. The SMILES string of the molecule is COC(=O)c1ccc(CNCC(C)CCO)c(Br)c1. The highest BCUT2D eigenvalue weighted by atomic mass is 79.9. The lowest BCUT2D eigenvalue weighted by Crippen LogP contribution is -2.21. The van der Waals surface area contributed by atoms with Crippen molar-refractivity contribution in [2.45, 2.75) is 19.9 Å². The topological polar surface area (TPSA) is 58.6 Å². The van der Waals surface area contributed by atoms with Crippen molar-refractivity contribution in [2.24, 2.45) is 5.92 Å². The number of aliphatic hydroxyl groups is 1. The van der Waals surface area contributed by atoms with Gasteiger partial charge in [-0.1, -0.05) is 28.9 Å². The molecule has 4 nitrogen and oxygen atoms in total. The smallest absolute Gasteiger partial charge is 0.337 e. The lowest BCUT2D eigenvalue weighted by Gasteiger charge is -2.12. The van der Waals surface area contributed by atoms with Crippen LogP contribution < -0.4 is 5.32 Å². The maximum absolute atomic E-state index is 11.4. The van der Waals surface area contributed by atoms with Crippen molar-refractivity contribution in [2.75, 3.05) is 20.3 Å².